The number of benzene rings is 1. The van der Waals surface area contributed by atoms with Crippen molar-refractivity contribution in [2.75, 3.05) is 46.6 Å². The second-order valence-electron chi connectivity index (χ2n) is 6.00. The van der Waals surface area contributed by atoms with Crippen LogP contribution in [-0.4, -0.2) is 75.5 Å². The Balaban J connectivity index is 1.60. The minimum atomic E-state index is -0.884. The van der Waals surface area contributed by atoms with Crippen molar-refractivity contribution in [1.82, 2.24) is 4.90 Å². The summed E-state index contributed by atoms with van der Waals surface area (Å²) in [6.45, 7) is 2.19. The van der Waals surface area contributed by atoms with Gasteiger partial charge in [0, 0.05) is 19.5 Å². The zero-order valence-corrected chi connectivity index (χ0v) is 15.0. The van der Waals surface area contributed by atoms with E-state index < -0.39 is 18.0 Å². The molecule has 27 heavy (non-hydrogen) atoms. The molecule has 0 unspecified atom stereocenters. The van der Waals surface area contributed by atoms with Gasteiger partial charge in [0.25, 0.3) is 5.91 Å². The van der Waals surface area contributed by atoms with Gasteiger partial charge in [-0.3, -0.25) is 4.79 Å². The van der Waals surface area contributed by atoms with E-state index in [0.29, 0.717) is 38.5 Å². The summed E-state index contributed by atoms with van der Waals surface area (Å²) in [6.07, 6.45) is -0.544. The van der Waals surface area contributed by atoms with E-state index in [1.54, 1.807) is 4.90 Å². The van der Waals surface area contributed by atoms with Crippen LogP contribution in [0.15, 0.2) is 18.2 Å². The number of carbonyl (C=O) groups is 3. The predicted molar refractivity (Wildman–Crippen MR) is 90.7 cm³/mol. The van der Waals surface area contributed by atoms with Crippen molar-refractivity contribution in [1.29, 1.82) is 0 Å². The maximum Gasteiger partial charge on any atom is 0.347 e. The van der Waals surface area contributed by atoms with Gasteiger partial charge in [0.15, 0.2) is 18.1 Å². The molecule has 9 nitrogen and oxygen atoms in total. The number of morpholine rings is 1. The third kappa shape index (κ3) is 4.68. The van der Waals surface area contributed by atoms with Crippen LogP contribution >= 0.6 is 0 Å². The van der Waals surface area contributed by atoms with Gasteiger partial charge in [-0.2, -0.15) is 0 Å². The van der Waals surface area contributed by atoms with Crippen LogP contribution in [0.3, 0.4) is 0 Å². The number of hydrogen-bond acceptors (Lipinski definition) is 8. The summed E-state index contributed by atoms with van der Waals surface area (Å²) in [4.78, 5) is 37.4. The summed E-state index contributed by atoms with van der Waals surface area (Å²) < 4.78 is 25.9. The van der Waals surface area contributed by atoms with Crippen molar-refractivity contribution in [3.8, 4) is 11.5 Å². The summed E-state index contributed by atoms with van der Waals surface area (Å²) in [5.74, 6) is -0.738. The highest BCUT2D eigenvalue weighted by atomic mass is 16.6. The lowest BCUT2D eigenvalue weighted by atomic mass is 10.2. The average Bonchev–Trinajstić information content (AvgIpc) is 3.11. The van der Waals surface area contributed by atoms with Gasteiger partial charge in [0.1, 0.15) is 0 Å². The Morgan fingerprint density at radius 2 is 1.96 bits per heavy atom. The minimum Gasteiger partial charge on any atom is -0.493 e. The molecule has 0 N–H and O–H groups in total. The molecule has 0 aliphatic carbocycles. The van der Waals surface area contributed by atoms with E-state index in [9.17, 15) is 14.4 Å². The van der Waals surface area contributed by atoms with E-state index in [1.807, 2.05) is 0 Å². The molecule has 146 valence electrons. The lowest BCUT2D eigenvalue weighted by molar-refractivity contribution is -0.145. The van der Waals surface area contributed by atoms with Gasteiger partial charge in [-0.25, -0.2) is 9.59 Å². The van der Waals surface area contributed by atoms with E-state index in [4.69, 9.17) is 23.7 Å². The van der Waals surface area contributed by atoms with Crippen LogP contribution in [0.5, 0.6) is 11.5 Å². The number of amides is 1. The molecule has 0 bridgehead atoms. The molecule has 3 rings (SSSR count). The van der Waals surface area contributed by atoms with Crippen LogP contribution in [0.25, 0.3) is 0 Å². The molecule has 0 saturated carbocycles. The molecule has 0 aromatic heterocycles. The van der Waals surface area contributed by atoms with Crippen molar-refractivity contribution in [2.45, 2.75) is 12.5 Å². The fourth-order valence-corrected chi connectivity index (χ4v) is 2.74. The Hall–Kier alpha value is -2.81. The number of cyclic esters (lactones) is 1. The SMILES string of the molecule is COc1cc(C(=O)O[C@H]2CCOC2=O)ccc1OCC(=O)N1CCOCC1. The quantitative estimate of drug-likeness (QED) is 0.655. The Morgan fingerprint density at radius 3 is 2.63 bits per heavy atom. The van der Waals surface area contributed by atoms with Gasteiger partial charge in [0.2, 0.25) is 6.10 Å². The molecule has 2 aliphatic heterocycles. The Labute approximate surface area is 156 Å². The normalized spacial score (nSPS) is 19.4. The number of carbonyl (C=O) groups excluding carboxylic acids is 3. The highest BCUT2D eigenvalue weighted by molar-refractivity contribution is 5.92. The highest BCUT2D eigenvalue weighted by Gasteiger charge is 2.30. The smallest absolute Gasteiger partial charge is 0.347 e. The van der Waals surface area contributed by atoms with Crippen LogP contribution < -0.4 is 9.47 Å². The largest absolute Gasteiger partial charge is 0.493 e. The van der Waals surface area contributed by atoms with Crippen LogP contribution in [0.1, 0.15) is 16.8 Å². The summed E-state index contributed by atoms with van der Waals surface area (Å²) in [7, 11) is 1.43. The molecule has 1 amide bonds. The number of esters is 2. The highest BCUT2D eigenvalue weighted by Crippen LogP contribution is 2.29. The molecule has 0 radical (unpaired) electrons. The summed E-state index contributed by atoms with van der Waals surface area (Å²) in [5, 5.41) is 0. The van der Waals surface area contributed by atoms with Crippen molar-refractivity contribution < 1.29 is 38.1 Å². The van der Waals surface area contributed by atoms with Gasteiger partial charge in [0.05, 0.1) is 32.5 Å². The fraction of sp³-hybridized carbons (Fsp3) is 0.500. The van der Waals surface area contributed by atoms with Gasteiger partial charge in [-0.05, 0) is 18.2 Å². The van der Waals surface area contributed by atoms with Crippen molar-refractivity contribution in [2.24, 2.45) is 0 Å². The zero-order valence-electron chi connectivity index (χ0n) is 15.0. The monoisotopic (exact) mass is 379 g/mol. The molecule has 1 aromatic rings. The summed E-state index contributed by atoms with van der Waals surface area (Å²) in [6, 6.07) is 4.45. The topological polar surface area (TPSA) is 101 Å². The lowest BCUT2D eigenvalue weighted by Crippen LogP contribution is -2.43. The summed E-state index contributed by atoms with van der Waals surface area (Å²) in [5.41, 5.74) is 0.207. The van der Waals surface area contributed by atoms with E-state index in [1.165, 1.54) is 25.3 Å². The van der Waals surface area contributed by atoms with E-state index in [-0.39, 0.29) is 30.4 Å². The third-order valence-corrected chi connectivity index (χ3v) is 4.25. The molecule has 1 aromatic carbocycles. The predicted octanol–water partition coefficient (Wildman–Crippen LogP) is 0.405. The number of methoxy groups -OCH3 is 1. The first-order valence-corrected chi connectivity index (χ1v) is 8.62. The third-order valence-electron chi connectivity index (χ3n) is 4.25. The van der Waals surface area contributed by atoms with Crippen LogP contribution in [-0.2, 0) is 23.8 Å². The molecular formula is C18H21NO8. The van der Waals surface area contributed by atoms with Gasteiger partial charge >= 0.3 is 11.9 Å². The Morgan fingerprint density at radius 1 is 1.19 bits per heavy atom. The zero-order chi connectivity index (χ0) is 19.2. The van der Waals surface area contributed by atoms with Crippen LogP contribution in [0, 0.1) is 0 Å². The molecule has 2 heterocycles. The molecule has 0 spiro atoms. The van der Waals surface area contributed by atoms with Crippen molar-refractivity contribution in [3.05, 3.63) is 23.8 Å². The molecule has 2 saturated heterocycles. The van der Waals surface area contributed by atoms with Gasteiger partial charge < -0.3 is 28.6 Å². The van der Waals surface area contributed by atoms with Crippen molar-refractivity contribution >= 4 is 17.8 Å². The molecular weight excluding hydrogens is 358 g/mol. The van der Waals surface area contributed by atoms with E-state index in [0.717, 1.165) is 0 Å². The van der Waals surface area contributed by atoms with Crippen LogP contribution in [0.2, 0.25) is 0 Å². The van der Waals surface area contributed by atoms with E-state index in [2.05, 4.69) is 0 Å². The number of hydrogen-bond donors (Lipinski definition) is 0. The standard InChI is InChI=1S/C18H21NO8/c1-23-15-10-12(17(21)27-14-4-7-25-18(14)22)2-3-13(15)26-11-16(20)19-5-8-24-9-6-19/h2-3,10,14H,4-9,11H2,1H3/t14-/m0/s1. The maximum atomic E-state index is 12.2. The molecule has 2 fully saturated rings. The van der Waals surface area contributed by atoms with Crippen LogP contribution in [0.4, 0.5) is 0 Å². The molecule has 2 aliphatic rings. The first kappa shape index (κ1) is 19.0. The second kappa shape index (κ2) is 8.72. The maximum absolute atomic E-state index is 12.2. The van der Waals surface area contributed by atoms with Gasteiger partial charge in [-0.1, -0.05) is 0 Å². The van der Waals surface area contributed by atoms with E-state index >= 15 is 0 Å². The number of nitrogens with zero attached hydrogens (tertiary/aromatic N) is 1. The Kier molecular flexibility index (Phi) is 6.12. The first-order valence-electron chi connectivity index (χ1n) is 8.62. The average molecular weight is 379 g/mol. The number of ether oxygens (including phenoxy) is 5. The molecule has 1 atom stereocenters. The minimum absolute atomic E-state index is 0.145. The van der Waals surface area contributed by atoms with Gasteiger partial charge in [-0.15, -0.1) is 0 Å². The summed E-state index contributed by atoms with van der Waals surface area (Å²) >= 11 is 0. The fourth-order valence-electron chi connectivity index (χ4n) is 2.74. The first-order chi connectivity index (χ1) is 13.1. The Bertz CT molecular complexity index is 713. The number of rotatable bonds is 6. The second-order valence-corrected chi connectivity index (χ2v) is 6.00. The molecule has 9 heteroatoms. The lowest BCUT2D eigenvalue weighted by Gasteiger charge is -2.26. The van der Waals surface area contributed by atoms with Crippen molar-refractivity contribution in [3.63, 3.8) is 0 Å².